The number of esters is 2. The maximum atomic E-state index is 12.9. The van der Waals surface area contributed by atoms with Gasteiger partial charge < -0.3 is 9.47 Å². The third-order valence-corrected chi connectivity index (χ3v) is 9.85. The van der Waals surface area contributed by atoms with Crippen LogP contribution in [-0.2, 0) is 19.1 Å². The lowest BCUT2D eigenvalue weighted by atomic mass is 9.47. The van der Waals surface area contributed by atoms with E-state index in [1.54, 1.807) is 0 Å². The second-order valence-corrected chi connectivity index (χ2v) is 12.8. The Balaban J connectivity index is 1.52. The molecule has 0 unspecified atom stereocenters. The van der Waals surface area contributed by atoms with Crippen LogP contribution in [0.1, 0.15) is 99.8 Å². The predicted molar refractivity (Wildman–Crippen MR) is 126 cm³/mol. The van der Waals surface area contributed by atoms with Gasteiger partial charge >= 0.3 is 11.9 Å². The molecule has 0 saturated heterocycles. The lowest BCUT2D eigenvalue weighted by molar-refractivity contribution is -0.164. The van der Waals surface area contributed by atoms with Crippen molar-refractivity contribution in [1.29, 1.82) is 0 Å². The van der Waals surface area contributed by atoms with Gasteiger partial charge in [0.05, 0.1) is 5.92 Å². The van der Waals surface area contributed by atoms with E-state index < -0.39 is 5.60 Å². The van der Waals surface area contributed by atoms with Gasteiger partial charge in [0.2, 0.25) is 0 Å². The van der Waals surface area contributed by atoms with Crippen LogP contribution in [-0.4, -0.2) is 23.6 Å². The van der Waals surface area contributed by atoms with Gasteiger partial charge in [-0.3, -0.25) is 9.59 Å². The predicted octanol–water partition coefficient (Wildman–Crippen LogP) is 6.47. The Kier molecular flexibility index (Phi) is 6.08. The Hall–Kier alpha value is -1.32. The number of ether oxygens (including phenoxy) is 2. The highest BCUT2D eigenvalue weighted by atomic mass is 16.6. The van der Waals surface area contributed by atoms with Crippen LogP contribution in [0.5, 0.6) is 0 Å². The fourth-order valence-corrected chi connectivity index (χ4v) is 8.38. The summed E-state index contributed by atoms with van der Waals surface area (Å²) in [6.07, 6.45) is 11.6. The zero-order chi connectivity index (χ0) is 23.5. The summed E-state index contributed by atoms with van der Waals surface area (Å²) >= 11 is 0. The first kappa shape index (κ1) is 23.8. The molecule has 4 nitrogen and oxygen atoms in total. The van der Waals surface area contributed by atoms with E-state index in [9.17, 15) is 9.59 Å². The Labute approximate surface area is 194 Å². The first-order chi connectivity index (χ1) is 14.8. The second-order valence-electron chi connectivity index (χ2n) is 12.8. The molecule has 0 aromatic rings. The summed E-state index contributed by atoms with van der Waals surface area (Å²) in [7, 11) is 0. The Bertz CT molecular complexity index is 792. The van der Waals surface area contributed by atoms with Crippen LogP contribution in [0.4, 0.5) is 0 Å². The highest BCUT2D eigenvalue weighted by molar-refractivity contribution is 5.73. The van der Waals surface area contributed by atoms with Crippen molar-refractivity contribution in [1.82, 2.24) is 0 Å². The van der Waals surface area contributed by atoms with E-state index >= 15 is 0 Å². The molecule has 32 heavy (non-hydrogen) atoms. The molecule has 0 aromatic carbocycles. The maximum absolute atomic E-state index is 12.9. The molecule has 0 aliphatic heterocycles. The summed E-state index contributed by atoms with van der Waals surface area (Å²) in [5, 5.41) is 0. The molecule has 4 rings (SSSR count). The summed E-state index contributed by atoms with van der Waals surface area (Å²) < 4.78 is 11.4. The van der Waals surface area contributed by atoms with Gasteiger partial charge in [-0.1, -0.05) is 32.4 Å². The minimum absolute atomic E-state index is 0.0203. The van der Waals surface area contributed by atoms with Crippen molar-refractivity contribution in [2.45, 2.75) is 112 Å². The fraction of sp³-hybridized carbons (Fsp3) is 0.857. The molecule has 4 heteroatoms. The number of allylic oxidation sites excluding steroid dienone is 1. The smallest absolute Gasteiger partial charge is 0.309 e. The average Bonchev–Trinajstić information content (AvgIpc) is 3.03. The van der Waals surface area contributed by atoms with Gasteiger partial charge in [0.15, 0.2) is 0 Å². The number of carbonyl (C=O) groups is 2. The molecule has 0 N–H and O–H groups in total. The van der Waals surface area contributed by atoms with Crippen LogP contribution in [0.15, 0.2) is 11.6 Å². The minimum atomic E-state index is -0.425. The molecular weight excluding hydrogens is 400 g/mol. The van der Waals surface area contributed by atoms with Gasteiger partial charge in [0, 0.05) is 13.3 Å². The quantitative estimate of drug-likeness (QED) is 0.369. The molecule has 3 fully saturated rings. The van der Waals surface area contributed by atoms with Crippen LogP contribution in [0, 0.1) is 40.4 Å². The molecule has 0 bridgehead atoms. The van der Waals surface area contributed by atoms with Crippen molar-refractivity contribution in [2.75, 3.05) is 0 Å². The number of hydrogen-bond acceptors (Lipinski definition) is 4. The van der Waals surface area contributed by atoms with Crippen molar-refractivity contribution in [3.8, 4) is 0 Å². The average molecular weight is 445 g/mol. The standard InChI is InChI=1S/C28H44O4/c1-17(25(30)32-26(3,4)5)22-10-11-23-21-9-8-19-16-20(31-18(2)29)12-14-27(19,6)24(21)13-15-28(22,23)7/h8,17,20-24H,9-16H2,1-7H3/t17-,20+,21-,22+,23-,24-,27-,28+/m0/s1. The monoisotopic (exact) mass is 444 g/mol. The van der Waals surface area contributed by atoms with E-state index in [2.05, 4.69) is 26.8 Å². The molecular formula is C28H44O4. The van der Waals surface area contributed by atoms with Gasteiger partial charge in [-0.25, -0.2) is 0 Å². The minimum Gasteiger partial charge on any atom is -0.462 e. The van der Waals surface area contributed by atoms with Gasteiger partial charge in [-0.05, 0) is 100 Å². The van der Waals surface area contributed by atoms with E-state index in [1.165, 1.54) is 31.8 Å². The molecule has 4 aliphatic carbocycles. The zero-order valence-corrected chi connectivity index (χ0v) is 21.3. The van der Waals surface area contributed by atoms with Crippen molar-refractivity contribution in [3.05, 3.63) is 11.6 Å². The third-order valence-electron chi connectivity index (χ3n) is 9.85. The SMILES string of the molecule is CC(=O)O[C@@H]1CC[C@@]2(C)C(=CC[C@H]3[C@@H]4CC[C@H]([C@H](C)C(=O)OC(C)(C)C)[C@@]4(C)CC[C@@H]32)C1. The fourth-order valence-electron chi connectivity index (χ4n) is 8.38. The van der Waals surface area contributed by atoms with Crippen LogP contribution >= 0.6 is 0 Å². The van der Waals surface area contributed by atoms with E-state index in [-0.39, 0.29) is 34.8 Å². The summed E-state index contributed by atoms with van der Waals surface area (Å²) in [6, 6.07) is 0. The molecule has 0 aromatic heterocycles. The highest BCUT2D eigenvalue weighted by Gasteiger charge is 2.60. The molecule has 0 spiro atoms. The first-order valence-corrected chi connectivity index (χ1v) is 12.9. The number of hydrogen-bond donors (Lipinski definition) is 0. The molecule has 4 aliphatic rings. The normalized spacial score (nSPS) is 42.1. The summed E-state index contributed by atoms with van der Waals surface area (Å²) in [6.45, 7) is 14.5. The lowest BCUT2D eigenvalue weighted by Gasteiger charge is -2.58. The Morgan fingerprint density at radius 3 is 2.44 bits per heavy atom. The van der Waals surface area contributed by atoms with Gasteiger partial charge in [-0.2, -0.15) is 0 Å². The van der Waals surface area contributed by atoms with E-state index in [1.807, 2.05) is 20.8 Å². The van der Waals surface area contributed by atoms with Crippen LogP contribution in [0.25, 0.3) is 0 Å². The van der Waals surface area contributed by atoms with Crippen molar-refractivity contribution in [3.63, 3.8) is 0 Å². The second kappa shape index (κ2) is 8.17. The lowest BCUT2D eigenvalue weighted by Crippen LogP contribution is -2.51. The van der Waals surface area contributed by atoms with Gasteiger partial charge in [-0.15, -0.1) is 0 Å². The van der Waals surface area contributed by atoms with E-state index in [4.69, 9.17) is 9.47 Å². The first-order valence-electron chi connectivity index (χ1n) is 12.9. The van der Waals surface area contributed by atoms with E-state index in [0.717, 1.165) is 38.0 Å². The van der Waals surface area contributed by atoms with Crippen LogP contribution < -0.4 is 0 Å². The number of fused-ring (bicyclic) bond motifs is 5. The Morgan fingerprint density at radius 2 is 1.78 bits per heavy atom. The molecule has 0 radical (unpaired) electrons. The highest BCUT2D eigenvalue weighted by Crippen LogP contribution is 2.67. The van der Waals surface area contributed by atoms with E-state index in [0.29, 0.717) is 17.8 Å². The molecule has 3 saturated carbocycles. The largest absolute Gasteiger partial charge is 0.462 e. The van der Waals surface area contributed by atoms with Gasteiger partial charge in [0.25, 0.3) is 0 Å². The Morgan fingerprint density at radius 1 is 1.06 bits per heavy atom. The topological polar surface area (TPSA) is 52.6 Å². The summed E-state index contributed by atoms with van der Waals surface area (Å²) in [5.41, 5.74) is 1.59. The van der Waals surface area contributed by atoms with Crippen molar-refractivity contribution < 1.29 is 19.1 Å². The molecule has 180 valence electrons. The molecule has 0 heterocycles. The van der Waals surface area contributed by atoms with Crippen LogP contribution in [0.3, 0.4) is 0 Å². The molecule has 0 amide bonds. The summed E-state index contributed by atoms with van der Waals surface area (Å²) in [4.78, 5) is 24.4. The van der Waals surface area contributed by atoms with Crippen LogP contribution in [0.2, 0.25) is 0 Å². The summed E-state index contributed by atoms with van der Waals surface area (Å²) in [5.74, 6) is 2.33. The van der Waals surface area contributed by atoms with Crippen molar-refractivity contribution >= 4 is 11.9 Å². The number of carbonyl (C=O) groups excluding carboxylic acids is 2. The van der Waals surface area contributed by atoms with Gasteiger partial charge in [0.1, 0.15) is 11.7 Å². The third kappa shape index (κ3) is 4.05. The zero-order valence-electron chi connectivity index (χ0n) is 21.3. The number of rotatable bonds is 3. The van der Waals surface area contributed by atoms with Crippen molar-refractivity contribution in [2.24, 2.45) is 40.4 Å². The molecule has 8 atom stereocenters. The maximum Gasteiger partial charge on any atom is 0.309 e.